The lowest BCUT2D eigenvalue weighted by molar-refractivity contribution is 0.0263. The largest absolute Gasteiger partial charge is 0.393 e. The van der Waals surface area contributed by atoms with Crippen LogP contribution in [-0.2, 0) is 0 Å². The first-order valence-electron chi connectivity index (χ1n) is 7.11. The Bertz CT molecular complexity index is 443. The maximum atomic E-state index is 12.2. The van der Waals surface area contributed by atoms with Crippen LogP contribution in [0.2, 0.25) is 0 Å². The molecule has 0 unspecified atom stereocenters. The van der Waals surface area contributed by atoms with Crippen LogP contribution in [-0.4, -0.2) is 52.4 Å². The van der Waals surface area contributed by atoms with Crippen LogP contribution in [0.25, 0.3) is 0 Å². The average molecular weight is 278 g/mol. The molecule has 0 radical (unpaired) electrons. The van der Waals surface area contributed by atoms with Crippen LogP contribution >= 0.6 is 0 Å². The van der Waals surface area contributed by atoms with Gasteiger partial charge in [0.2, 0.25) is 0 Å². The molecule has 0 aromatic carbocycles. The molecule has 1 amide bonds. The van der Waals surface area contributed by atoms with Gasteiger partial charge in [-0.15, -0.1) is 10.2 Å². The topological polar surface area (TPSA) is 78.4 Å². The number of aliphatic hydroxyl groups is 1. The van der Waals surface area contributed by atoms with Crippen LogP contribution in [0, 0.1) is 5.92 Å². The molecular formula is C14H22N4O2. The average Bonchev–Trinajstić information content (AvgIpc) is 2.43. The summed E-state index contributed by atoms with van der Waals surface area (Å²) >= 11 is 0. The molecule has 2 N–H and O–H groups in total. The Morgan fingerprint density at radius 3 is 2.75 bits per heavy atom. The molecule has 20 heavy (non-hydrogen) atoms. The highest BCUT2D eigenvalue weighted by molar-refractivity contribution is 5.92. The monoisotopic (exact) mass is 278 g/mol. The number of hydrogen-bond donors (Lipinski definition) is 2. The fourth-order valence-corrected chi connectivity index (χ4v) is 2.31. The second kappa shape index (κ2) is 6.65. The molecule has 0 atom stereocenters. The van der Waals surface area contributed by atoms with E-state index < -0.39 is 0 Å². The molecule has 1 aliphatic rings. The van der Waals surface area contributed by atoms with E-state index in [-0.39, 0.29) is 12.0 Å². The van der Waals surface area contributed by atoms with Gasteiger partial charge in [0.15, 0.2) is 5.69 Å². The van der Waals surface area contributed by atoms with E-state index in [0.29, 0.717) is 24.0 Å². The molecule has 0 saturated heterocycles. The van der Waals surface area contributed by atoms with Gasteiger partial charge in [0.25, 0.3) is 5.91 Å². The first kappa shape index (κ1) is 14.7. The Morgan fingerprint density at radius 1 is 1.45 bits per heavy atom. The van der Waals surface area contributed by atoms with Crippen molar-refractivity contribution >= 4 is 11.7 Å². The molecule has 1 aromatic rings. The van der Waals surface area contributed by atoms with Gasteiger partial charge in [-0.3, -0.25) is 4.79 Å². The summed E-state index contributed by atoms with van der Waals surface area (Å²) < 4.78 is 0. The second-order valence-corrected chi connectivity index (χ2v) is 5.41. The molecule has 0 bridgehead atoms. The summed E-state index contributed by atoms with van der Waals surface area (Å²) in [6.07, 6.45) is 2.39. The van der Waals surface area contributed by atoms with Gasteiger partial charge < -0.3 is 15.3 Å². The van der Waals surface area contributed by atoms with Crippen LogP contribution in [0.3, 0.4) is 0 Å². The second-order valence-electron chi connectivity index (χ2n) is 5.41. The highest BCUT2D eigenvalue weighted by Crippen LogP contribution is 2.27. The van der Waals surface area contributed by atoms with Gasteiger partial charge in [0.05, 0.1) is 6.10 Å². The van der Waals surface area contributed by atoms with Crippen molar-refractivity contribution in [2.45, 2.75) is 32.3 Å². The van der Waals surface area contributed by atoms with E-state index in [1.807, 2.05) is 0 Å². The minimum atomic E-state index is -0.188. The third-order valence-corrected chi connectivity index (χ3v) is 3.53. The molecule has 1 fully saturated rings. The number of nitrogens with zero attached hydrogens (tertiary/aromatic N) is 3. The maximum absolute atomic E-state index is 12.2. The molecule has 1 heterocycles. The SMILES string of the molecule is CCCNc1ccc(C(=O)N(C)CC2CC(O)C2)nn1. The first-order valence-corrected chi connectivity index (χ1v) is 7.11. The Kier molecular flexibility index (Phi) is 4.89. The first-order chi connectivity index (χ1) is 9.60. The lowest BCUT2D eigenvalue weighted by Gasteiger charge is -2.34. The molecule has 1 aliphatic carbocycles. The van der Waals surface area contributed by atoms with Gasteiger partial charge in [-0.25, -0.2) is 0 Å². The van der Waals surface area contributed by atoms with Crippen LogP contribution < -0.4 is 5.32 Å². The number of anilines is 1. The zero-order valence-electron chi connectivity index (χ0n) is 12.0. The van der Waals surface area contributed by atoms with Crippen molar-refractivity contribution in [3.05, 3.63) is 17.8 Å². The molecule has 6 nitrogen and oxygen atoms in total. The lowest BCUT2D eigenvalue weighted by atomic mass is 9.82. The van der Waals surface area contributed by atoms with Gasteiger partial charge in [-0.05, 0) is 37.3 Å². The summed E-state index contributed by atoms with van der Waals surface area (Å²) in [5.74, 6) is 0.964. The van der Waals surface area contributed by atoms with Gasteiger partial charge >= 0.3 is 0 Å². The van der Waals surface area contributed by atoms with E-state index in [9.17, 15) is 9.90 Å². The van der Waals surface area contributed by atoms with Crippen LogP contribution in [0.15, 0.2) is 12.1 Å². The van der Waals surface area contributed by atoms with E-state index >= 15 is 0 Å². The zero-order valence-corrected chi connectivity index (χ0v) is 12.0. The Labute approximate surface area is 119 Å². The molecule has 6 heteroatoms. The molecule has 1 saturated carbocycles. The zero-order chi connectivity index (χ0) is 14.5. The molecule has 0 spiro atoms. The number of aromatic nitrogens is 2. The Balaban J connectivity index is 1.87. The summed E-state index contributed by atoms with van der Waals surface area (Å²) in [6.45, 7) is 3.57. The van der Waals surface area contributed by atoms with E-state index in [2.05, 4.69) is 22.4 Å². The highest BCUT2D eigenvalue weighted by Gasteiger charge is 2.29. The fourth-order valence-electron chi connectivity index (χ4n) is 2.31. The van der Waals surface area contributed by atoms with Crippen molar-refractivity contribution in [2.24, 2.45) is 5.92 Å². The third kappa shape index (κ3) is 3.66. The molecular weight excluding hydrogens is 256 g/mol. The van der Waals surface area contributed by atoms with Crippen LogP contribution in [0.5, 0.6) is 0 Å². The number of amides is 1. The predicted octanol–water partition coefficient (Wildman–Crippen LogP) is 1.14. The minimum absolute atomic E-state index is 0.124. The molecule has 0 aliphatic heterocycles. The number of carbonyl (C=O) groups is 1. The summed E-state index contributed by atoms with van der Waals surface area (Å²) in [7, 11) is 1.76. The van der Waals surface area contributed by atoms with Crippen LogP contribution in [0.4, 0.5) is 5.82 Å². The minimum Gasteiger partial charge on any atom is -0.393 e. The standard InChI is InChI=1S/C14H22N4O2/c1-3-6-15-13-5-4-12(16-17-13)14(20)18(2)9-10-7-11(19)8-10/h4-5,10-11,19H,3,6-9H2,1-2H3,(H,15,17). The van der Waals surface area contributed by atoms with E-state index in [1.54, 1.807) is 24.1 Å². The van der Waals surface area contributed by atoms with Crippen molar-refractivity contribution in [3.8, 4) is 0 Å². The van der Waals surface area contributed by atoms with Crippen molar-refractivity contribution in [2.75, 3.05) is 25.5 Å². The third-order valence-electron chi connectivity index (χ3n) is 3.53. The summed E-state index contributed by atoms with van der Waals surface area (Å²) in [5, 5.41) is 20.3. The van der Waals surface area contributed by atoms with E-state index in [1.165, 1.54) is 0 Å². The lowest BCUT2D eigenvalue weighted by Crippen LogP contribution is -2.39. The predicted molar refractivity (Wildman–Crippen MR) is 76.5 cm³/mol. The summed E-state index contributed by atoms with van der Waals surface area (Å²) in [5.41, 5.74) is 0.356. The summed E-state index contributed by atoms with van der Waals surface area (Å²) in [4.78, 5) is 13.8. The van der Waals surface area contributed by atoms with Gasteiger partial charge in [-0.2, -0.15) is 0 Å². The maximum Gasteiger partial charge on any atom is 0.274 e. The van der Waals surface area contributed by atoms with Gasteiger partial charge in [-0.1, -0.05) is 6.92 Å². The number of rotatable bonds is 6. The fraction of sp³-hybridized carbons (Fsp3) is 0.643. The Morgan fingerprint density at radius 2 is 2.20 bits per heavy atom. The van der Waals surface area contributed by atoms with Crippen molar-refractivity contribution in [1.82, 2.24) is 15.1 Å². The smallest absolute Gasteiger partial charge is 0.274 e. The normalized spacial score (nSPS) is 21.1. The highest BCUT2D eigenvalue weighted by atomic mass is 16.3. The van der Waals surface area contributed by atoms with Gasteiger partial charge in [0.1, 0.15) is 5.82 Å². The number of carbonyl (C=O) groups excluding carboxylic acids is 1. The Hall–Kier alpha value is -1.69. The molecule has 110 valence electrons. The van der Waals surface area contributed by atoms with Crippen molar-refractivity contribution in [1.29, 1.82) is 0 Å². The van der Waals surface area contributed by atoms with Crippen LogP contribution in [0.1, 0.15) is 36.7 Å². The van der Waals surface area contributed by atoms with Crippen molar-refractivity contribution < 1.29 is 9.90 Å². The number of hydrogen-bond acceptors (Lipinski definition) is 5. The molecule has 1 aromatic heterocycles. The number of aliphatic hydroxyl groups excluding tert-OH is 1. The quantitative estimate of drug-likeness (QED) is 0.816. The van der Waals surface area contributed by atoms with E-state index in [0.717, 1.165) is 25.8 Å². The summed E-state index contributed by atoms with van der Waals surface area (Å²) in [6, 6.07) is 3.47. The van der Waals surface area contributed by atoms with Crippen molar-refractivity contribution in [3.63, 3.8) is 0 Å². The van der Waals surface area contributed by atoms with Gasteiger partial charge in [0, 0.05) is 20.1 Å². The number of nitrogens with one attached hydrogen (secondary N) is 1. The molecule has 2 rings (SSSR count). The van der Waals surface area contributed by atoms with E-state index in [4.69, 9.17) is 0 Å².